The van der Waals surface area contributed by atoms with Crippen molar-refractivity contribution in [3.63, 3.8) is 0 Å². The zero-order valence-corrected chi connectivity index (χ0v) is 15.8. The summed E-state index contributed by atoms with van der Waals surface area (Å²) < 4.78 is 0. The molecule has 0 unspecified atom stereocenters. The van der Waals surface area contributed by atoms with Crippen LogP contribution in [-0.4, -0.2) is 30.3 Å². The Hall–Kier alpha value is -1.75. The molecule has 132 valence electrons. The number of hydrogen-bond acceptors (Lipinski definition) is 2. The molecular formula is C18H17Cl3N2O2. The van der Waals surface area contributed by atoms with Crippen LogP contribution < -0.4 is 5.32 Å². The maximum atomic E-state index is 12.2. The van der Waals surface area contributed by atoms with Gasteiger partial charge in [0.2, 0.25) is 5.91 Å². The number of nitrogens with zero attached hydrogens (tertiary/aromatic N) is 1. The molecule has 0 aromatic heterocycles. The van der Waals surface area contributed by atoms with Crippen LogP contribution >= 0.6 is 34.8 Å². The van der Waals surface area contributed by atoms with Gasteiger partial charge in [0.15, 0.2) is 0 Å². The van der Waals surface area contributed by atoms with Crippen molar-refractivity contribution in [3.05, 3.63) is 68.7 Å². The molecule has 2 aromatic carbocycles. The molecule has 2 amide bonds. The number of carbonyl (C=O) groups is 2. The Morgan fingerprint density at radius 1 is 1.04 bits per heavy atom. The lowest BCUT2D eigenvalue weighted by Crippen LogP contribution is -2.31. The van der Waals surface area contributed by atoms with Crippen molar-refractivity contribution in [1.29, 1.82) is 0 Å². The van der Waals surface area contributed by atoms with Gasteiger partial charge < -0.3 is 10.2 Å². The number of amides is 2. The molecule has 0 radical (unpaired) electrons. The lowest BCUT2D eigenvalue weighted by atomic mass is 10.2. The maximum absolute atomic E-state index is 12.2. The summed E-state index contributed by atoms with van der Waals surface area (Å²) in [5, 5.41) is 4.17. The summed E-state index contributed by atoms with van der Waals surface area (Å²) in [5.74, 6) is -0.350. The average Bonchev–Trinajstić information content (AvgIpc) is 2.59. The monoisotopic (exact) mass is 398 g/mol. The van der Waals surface area contributed by atoms with Gasteiger partial charge in [-0.1, -0.05) is 46.9 Å². The number of benzene rings is 2. The lowest BCUT2D eigenvalue weighted by Gasteiger charge is -2.18. The highest BCUT2D eigenvalue weighted by Gasteiger charge is 2.13. The van der Waals surface area contributed by atoms with E-state index in [2.05, 4.69) is 5.32 Å². The molecule has 2 aromatic rings. The van der Waals surface area contributed by atoms with E-state index in [1.807, 2.05) is 6.07 Å². The summed E-state index contributed by atoms with van der Waals surface area (Å²) in [7, 11) is 1.68. The largest absolute Gasteiger partial charge is 0.352 e. The summed E-state index contributed by atoms with van der Waals surface area (Å²) >= 11 is 17.9. The van der Waals surface area contributed by atoms with Crippen molar-refractivity contribution in [2.24, 2.45) is 0 Å². The molecule has 1 N–H and O–H groups in total. The van der Waals surface area contributed by atoms with Gasteiger partial charge in [0.25, 0.3) is 5.91 Å². The van der Waals surface area contributed by atoms with Crippen LogP contribution in [0.4, 0.5) is 0 Å². The SMILES string of the molecule is CN(Cc1cccc(Cl)c1Cl)C(=O)CCNC(=O)c1ccc(Cl)cc1. The molecule has 0 heterocycles. The van der Waals surface area contributed by atoms with E-state index < -0.39 is 0 Å². The highest BCUT2D eigenvalue weighted by atomic mass is 35.5. The predicted octanol–water partition coefficient (Wildman–Crippen LogP) is 4.43. The van der Waals surface area contributed by atoms with E-state index in [1.165, 1.54) is 0 Å². The first kappa shape index (κ1) is 19.6. The highest BCUT2D eigenvalue weighted by Crippen LogP contribution is 2.26. The summed E-state index contributed by atoms with van der Waals surface area (Å²) in [6, 6.07) is 11.9. The molecule has 25 heavy (non-hydrogen) atoms. The van der Waals surface area contributed by atoms with Crippen LogP contribution in [0.15, 0.2) is 42.5 Å². The molecule has 0 spiro atoms. The fourth-order valence-corrected chi connectivity index (χ4v) is 2.70. The minimum absolute atomic E-state index is 0.104. The number of rotatable bonds is 6. The van der Waals surface area contributed by atoms with Crippen molar-refractivity contribution in [1.82, 2.24) is 10.2 Å². The second kappa shape index (κ2) is 9.09. The Morgan fingerprint density at radius 2 is 1.72 bits per heavy atom. The van der Waals surface area contributed by atoms with Crippen molar-refractivity contribution in [2.45, 2.75) is 13.0 Å². The molecule has 0 saturated carbocycles. The molecule has 0 bridgehead atoms. The average molecular weight is 400 g/mol. The lowest BCUT2D eigenvalue weighted by molar-refractivity contribution is -0.130. The molecule has 0 aliphatic rings. The minimum Gasteiger partial charge on any atom is -0.352 e. The standard InChI is InChI=1S/C18H17Cl3N2O2/c1-23(11-13-3-2-4-15(20)17(13)21)16(24)9-10-22-18(25)12-5-7-14(19)8-6-12/h2-8H,9-11H2,1H3,(H,22,25). The van der Waals surface area contributed by atoms with E-state index in [9.17, 15) is 9.59 Å². The zero-order valence-electron chi connectivity index (χ0n) is 13.6. The van der Waals surface area contributed by atoms with E-state index in [-0.39, 0.29) is 24.8 Å². The van der Waals surface area contributed by atoms with Gasteiger partial charge in [-0.05, 0) is 35.9 Å². The Bertz CT molecular complexity index is 763. The normalized spacial score (nSPS) is 10.4. The van der Waals surface area contributed by atoms with Crippen LogP contribution in [-0.2, 0) is 11.3 Å². The van der Waals surface area contributed by atoms with Crippen LogP contribution in [0, 0.1) is 0 Å². The molecule has 7 heteroatoms. The van der Waals surface area contributed by atoms with Crippen LogP contribution in [0.5, 0.6) is 0 Å². The molecular weight excluding hydrogens is 383 g/mol. The van der Waals surface area contributed by atoms with Gasteiger partial charge in [-0.3, -0.25) is 9.59 Å². The van der Waals surface area contributed by atoms with E-state index in [1.54, 1.807) is 48.3 Å². The third-order valence-corrected chi connectivity index (χ3v) is 4.71. The van der Waals surface area contributed by atoms with Crippen molar-refractivity contribution >= 4 is 46.6 Å². The van der Waals surface area contributed by atoms with Gasteiger partial charge >= 0.3 is 0 Å². The first-order valence-corrected chi connectivity index (χ1v) is 8.72. The van der Waals surface area contributed by atoms with Gasteiger partial charge in [-0.2, -0.15) is 0 Å². The third-order valence-electron chi connectivity index (χ3n) is 3.60. The molecule has 0 fully saturated rings. The minimum atomic E-state index is -0.245. The van der Waals surface area contributed by atoms with Gasteiger partial charge in [-0.25, -0.2) is 0 Å². The molecule has 0 aliphatic heterocycles. The summed E-state index contributed by atoms with van der Waals surface area (Å²) in [5.41, 5.74) is 1.27. The van der Waals surface area contributed by atoms with Gasteiger partial charge in [0, 0.05) is 37.1 Å². The summed E-state index contributed by atoms with van der Waals surface area (Å²) in [6.45, 7) is 0.595. The summed E-state index contributed by atoms with van der Waals surface area (Å²) in [4.78, 5) is 25.7. The van der Waals surface area contributed by atoms with Gasteiger partial charge in [-0.15, -0.1) is 0 Å². The number of hydrogen-bond donors (Lipinski definition) is 1. The van der Waals surface area contributed by atoms with Gasteiger partial charge in [0.1, 0.15) is 0 Å². The predicted molar refractivity (Wildman–Crippen MR) is 101 cm³/mol. The molecule has 0 atom stereocenters. The molecule has 0 aliphatic carbocycles. The van der Waals surface area contributed by atoms with Crippen molar-refractivity contribution < 1.29 is 9.59 Å². The van der Waals surface area contributed by atoms with E-state index in [4.69, 9.17) is 34.8 Å². The Morgan fingerprint density at radius 3 is 2.40 bits per heavy atom. The molecule has 0 saturated heterocycles. The fraction of sp³-hybridized carbons (Fsp3) is 0.222. The van der Waals surface area contributed by atoms with E-state index in [0.717, 1.165) is 5.56 Å². The topological polar surface area (TPSA) is 49.4 Å². The van der Waals surface area contributed by atoms with Gasteiger partial charge in [0.05, 0.1) is 10.0 Å². The van der Waals surface area contributed by atoms with Crippen LogP contribution in [0.25, 0.3) is 0 Å². The van der Waals surface area contributed by atoms with Crippen LogP contribution in [0.1, 0.15) is 22.3 Å². The van der Waals surface area contributed by atoms with Crippen molar-refractivity contribution in [3.8, 4) is 0 Å². The molecule has 2 rings (SSSR count). The number of carbonyl (C=O) groups excluding carboxylic acids is 2. The first-order valence-electron chi connectivity index (χ1n) is 7.59. The molecule has 4 nitrogen and oxygen atoms in total. The van der Waals surface area contributed by atoms with E-state index in [0.29, 0.717) is 27.2 Å². The quantitative estimate of drug-likeness (QED) is 0.781. The zero-order chi connectivity index (χ0) is 18.4. The Labute approximate surface area is 161 Å². The Balaban J connectivity index is 1.82. The third kappa shape index (κ3) is 5.63. The second-order valence-electron chi connectivity index (χ2n) is 5.48. The fourth-order valence-electron chi connectivity index (χ4n) is 2.19. The Kier molecular flexibility index (Phi) is 7.12. The van der Waals surface area contributed by atoms with Crippen LogP contribution in [0.3, 0.4) is 0 Å². The van der Waals surface area contributed by atoms with E-state index >= 15 is 0 Å². The van der Waals surface area contributed by atoms with Crippen LogP contribution in [0.2, 0.25) is 15.1 Å². The number of nitrogens with one attached hydrogen (secondary N) is 1. The number of halogens is 3. The smallest absolute Gasteiger partial charge is 0.251 e. The second-order valence-corrected chi connectivity index (χ2v) is 6.70. The first-order chi connectivity index (χ1) is 11.9. The van der Waals surface area contributed by atoms with Crippen molar-refractivity contribution in [2.75, 3.05) is 13.6 Å². The summed E-state index contributed by atoms with van der Waals surface area (Å²) in [6.07, 6.45) is 0.189. The highest BCUT2D eigenvalue weighted by molar-refractivity contribution is 6.42. The maximum Gasteiger partial charge on any atom is 0.251 e.